The van der Waals surface area contributed by atoms with Crippen molar-refractivity contribution in [3.63, 3.8) is 0 Å². The van der Waals surface area contributed by atoms with Gasteiger partial charge in [0.05, 0.1) is 16.6 Å². The molecule has 2 aromatic rings. The van der Waals surface area contributed by atoms with E-state index in [9.17, 15) is 9.59 Å². The van der Waals surface area contributed by atoms with Crippen LogP contribution in [0.4, 0.5) is 0 Å². The number of aryl methyl sites for hydroxylation is 1. The van der Waals surface area contributed by atoms with Crippen molar-refractivity contribution < 1.29 is 9.59 Å². The minimum atomic E-state index is -1.00. The molecule has 1 aliphatic rings. The van der Waals surface area contributed by atoms with E-state index >= 15 is 0 Å². The van der Waals surface area contributed by atoms with Crippen molar-refractivity contribution >= 4 is 23.2 Å². The highest BCUT2D eigenvalue weighted by Crippen LogP contribution is 2.40. The molecule has 0 spiro atoms. The first-order chi connectivity index (χ1) is 11.9. The average molecular weight is 357 g/mol. The first kappa shape index (κ1) is 17.6. The van der Waals surface area contributed by atoms with Crippen LogP contribution in [0.5, 0.6) is 0 Å². The third-order valence-corrected chi connectivity index (χ3v) is 5.22. The van der Waals surface area contributed by atoms with E-state index in [0.717, 1.165) is 24.2 Å². The van der Waals surface area contributed by atoms with E-state index in [1.54, 1.807) is 19.9 Å². The topological polar surface area (TPSA) is 71.1 Å². The number of amides is 2. The van der Waals surface area contributed by atoms with Crippen LogP contribution in [-0.4, -0.2) is 22.3 Å². The molecule has 0 radical (unpaired) electrons. The van der Waals surface area contributed by atoms with E-state index in [0.29, 0.717) is 10.8 Å². The maximum Gasteiger partial charge on any atom is 0.262 e. The van der Waals surface area contributed by atoms with Gasteiger partial charge in [-0.15, -0.1) is 11.3 Å². The summed E-state index contributed by atoms with van der Waals surface area (Å²) in [5.74, 6) is -0.00791. The molecule has 0 aromatic carbocycles. The zero-order chi connectivity index (χ0) is 18.0. The molecule has 6 heteroatoms. The fourth-order valence-corrected chi connectivity index (χ4v) is 3.35. The Balaban J connectivity index is 1.71. The highest BCUT2D eigenvalue weighted by Gasteiger charge is 2.38. The average Bonchev–Trinajstić information content (AvgIpc) is 3.24. The summed E-state index contributed by atoms with van der Waals surface area (Å²) in [7, 11) is 0. The number of nitrogens with zero attached hydrogens (tertiary/aromatic N) is 1. The predicted octanol–water partition coefficient (Wildman–Crippen LogP) is 3.23. The summed E-state index contributed by atoms with van der Waals surface area (Å²) in [5, 5.41) is 7.77. The minimum absolute atomic E-state index is 0.106. The van der Waals surface area contributed by atoms with Crippen molar-refractivity contribution in [2.24, 2.45) is 5.92 Å². The standard InChI is InChI=1S/C19H23N3O2S/c1-12-6-4-7-14(20-12)16(13-9-10-13)21-18(24)19(2,3)22-17(23)15-8-5-11-25-15/h4-8,11,13,16H,9-10H2,1-3H3,(H,21,24)(H,22,23)/t16-/m1/s1. The number of aromatic nitrogens is 1. The molecule has 25 heavy (non-hydrogen) atoms. The molecule has 2 amide bonds. The van der Waals surface area contributed by atoms with E-state index in [-0.39, 0.29) is 17.9 Å². The molecule has 1 atom stereocenters. The normalized spacial score (nSPS) is 15.5. The Bertz CT molecular complexity index is 767. The molecule has 5 nitrogen and oxygen atoms in total. The molecule has 1 saturated carbocycles. The van der Waals surface area contributed by atoms with E-state index < -0.39 is 5.54 Å². The molecule has 0 aliphatic heterocycles. The smallest absolute Gasteiger partial charge is 0.262 e. The molecule has 2 aromatic heterocycles. The summed E-state index contributed by atoms with van der Waals surface area (Å²) < 4.78 is 0. The summed E-state index contributed by atoms with van der Waals surface area (Å²) >= 11 is 1.36. The number of rotatable bonds is 6. The molecule has 2 N–H and O–H groups in total. The first-order valence-corrected chi connectivity index (χ1v) is 9.35. The lowest BCUT2D eigenvalue weighted by Gasteiger charge is -2.28. The molecular weight excluding hydrogens is 334 g/mol. The van der Waals surface area contributed by atoms with E-state index in [4.69, 9.17) is 0 Å². The van der Waals surface area contributed by atoms with Crippen molar-refractivity contribution in [3.05, 3.63) is 52.0 Å². The molecule has 1 aliphatic carbocycles. The van der Waals surface area contributed by atoms with E-state index in [1.165, 1.54) is 11.3 Å². The summed E-state index contributed by atoms with van der Waals surface area (Å²) in [5.41, 5.74) is 0.816. The second kappa shape index (κ2) is 6.96. The lowest BCUT2D eigenvalue weighted by molar-refractivity contribution is -0.127. The zero-order valence-electron chi connectivity index (χ0n) is 14.7. The van der Waals surface area contributed by atoms with Crippen LogP contribution in [0.1, 0.15) is 53.8 Å². The summed E-state index contributed by atoms with van der Waals surface area (Å²) in [6, 6.07) is 9.32. The van der Waals surface area contributed by atoms with Gasteiger partial charge in [0.1, 0.15) is 5.54 Å². The Morgan fingerprint density at radius 2 is 2.00 bits per heavy atom. The Morgan fingerprint density at radius 3 is 2.60 bits per heavy atom. The lowest BCUT2D eigenvalue weighted by atomic mass is 10.0. The number of hydrogen-bond donors (Lipinski definition) is 2. The van der Waals surface area contributed by atoms with Crippen molar-refractivity contribution in [1.82, 2.24) is 15.6 Å². The molecule has 1 fully saturated rings. The van der Waals surface area contributed by atoms with Crippen molar-refractivity contribution in [1.29, 1.82) is 0 Å². The predicted molar refractivity (Wildman–Crippen MR) is 98.4 cm³/mol. The maximum absolute atomic E-state index is 12.8. The van der Waals surface area contributed by atoms with Gasteiger partial charge in [-0.3, -0.25) is 14.6 Å². The molecule has 3 rings (SSSR count). The van der Waals surface area contributed by atoms with Gasteiger partial charge < -0.3 is 10.6 Å². The Labute approximate surface area is 151 Å². The van der Waals surface area contributed by atoms with E-state index in [1.807, 2.05) is 36.6 Å². The highest BCUT2D eigenvalue weighted by atomic mass is 32.1. The Kier molecular flexibility index (Phi) is 4.90. The Hall–Kier alpha value is -2.21. The van der Waals surface area contributed by atoms with Crippen LogP contribution in [0.25, 0.3) is 0 Å². The zero-order valence-corrected chi connectivity index (χ0v) is 15.5. The van der Waals surface area contributed by atoms with Crippen LogP contribution in [0.3, 0.4) is 0 Å². The largest absolute Gasteiger partial charge is 0.345 e. The highest BCUT2D eigenvalue weighted by molar-refractivity contribution is 7.12. The number of hydrogen-bond acceptors (Lipinski definition) is 4. The number of thiophene rings is 1. The third kappa shape index (κ3) is 4.25. The van der Waals surface area contributed by atoms with Gasteiger partial charge in [-0.05, 0) is 63.1 Å². The minimum Gasteiger partial charge on any atom is -0.345 e. The quantitative estimate of drug-likeness (QED) is 0.834. The van der Waals surface area contributed by atoms with Gasteiger partial charge in [-0.25, -0.2) is 0 Å². The molecule has 0 saturated heterocycles. The van der Waals surface area contributed by atoms with Crippen molar-refractivity contribution in [2.45, 2.75) is 45.2 Å². The Morgan fingerprint density at radius 1 is 1.24 bits per heavy atom. The van der Waals surface area contributed by atoms with Crippen molar-refractivity contribution in [2.75, 3.05) is 0 Å². The first-order valence-electron chi connectivity index (χ1n) is 8.47. The number of nitrogens with one attached hydrogen (secondary N) is 2. The molecule has 0 unspecified atom stereocenters. The van der Waals surface area contributed by atoms with Gasteiger partial charge in [0, 0.05) is 5.69 Å². The van der Waals surface area contributed by atoms with Crippen LogP contribution < -0.4 is 10.6 Å². The molecular formula is C19H23N3O2S. The van der Waals surface area contributed by atoms with Gasteiger partial charge in [-0.1, -0.05) is 12.1 Å². The van der Waals surface area contributed by atoms with Crippen LogP contribution >= 0.6 is 11.3 Å². The number of carbonyl (C=O) groups excluding carboxylic acids is 2. The molecule has 0 bridgehead atoms. The van der Waals surface area contributed by atoms with Gasteiger partial charge in [0.25, 0.3) is 5.91 Å². The number of carbonyl (C=O) groups is 2. The van der Waals surface area contributed by atoms with Crippen LogP contribution in [-0.2, 0) is 4.79 Å². The monoisotopic (exact) mass is 357 g/mol. The lowest BCUT2D eigenvalue weighted by Crippen LogP contribution is -2.55. The summed E-state index contributed by atoms with van der Waals surface area (Å²) in [4.78, 5) is 30.3. The third-order valence-electron chi connectivity index (χ3n) is 4.35. The molecule has 2 heterocycles. The van der Waals surface area contributed by atoms with E-state index in [2.05, 4.69) is 15.6 Å². The van der Waals surface area contributed by atoms with Crippen LogP contribution in [0.2, 0.25) is 0 Å². The summed E-state index contributed by atoms with van der Waals surface area (Å²) in [6.45, 7) is 5.39. The molecule has 132 valence electrons. The second-order valence-corrected chi connectivity index (χ2v) is 8.00. The van der Waals surface area contributed by atoms with Gasteiger partial charge in [-0.2, -0.15) is 0 Å². The van der Waals surface area contributed by atoms with Gasteiger partial charge >= 0.3 is 0 Å². The second-order valence-electron chi connectivity index (χ2n) is 7.05. The number of pyridine rings is 1. The maximum atomic E-state index is 12.8. The van der Waals surface area contributed by atoms with Crippen LogP contribution in [0.15, 0.2) is 35.7 Å². The van der Waals surface area contributed by atoms with Gasteiger partial charge in [0.2, 0.25) is 5.91 Å². The van der Waals surface area contributed by atoms with Crippen molar-refractivity contribution in [3.8, 4) is 0 Å². The fraction of sp³-hybridized carbons (Fsp3) is 0.421. The summed E-state index contributed by atoms with van der Waals surface area (Å²) in [6.07, 6.45) is 2.17. The van der Waals surface area contributed by atoms with Crippen LogP contribution in [0, 0.1) is 12.8 Å². The van der Waals surface area contributed by atoms with Gasteiger partial charge in [0.15, 0.2) is 0 Å². The fourth-order valence-electron chi connectivity index (χ4n) is 2.73. The SMILES string of the molecule is Cc1cccc([C@H](NC(=O)C(C)(C)NC(=O)c2cccs2)C2CC2)n1.